The van der Waals surface area contributed by atoms with Crippen LogP contribution >= 0.6 is 11.6 Å². The van der Waals surface area contributed by atoms with Crippen LogP contribution in [0.4, 0.5) is 0 Å². The predicted molar refractivity (Wildman–Crippen MR) is 36.2 cm³/mol. The van der Waals surface area contributed by atoms with Crippen LogP contribution in [0.5, 0.6) is 0 Å². The maximum atomic E-state index is 10.5. The lowest BCUT2D eigenvalue weighted by Gasteiger charge is -1.91. The fraction of sp³-hybridized carbons (Fsp3) is 0. The zero-order valence-electron chi connectivity index (χ0n) is 7.68. The molecule has 0 bridgehead atoms. The minimum Gasteiger partial charge on any atom is -0.478 e. The summed E-state index contributed by atoms with van der Waals surface area (Å²) in [7, 11) is 0. The van der Waals surface area contributed by atoms with Gasteiger partial charge in [0, 0.05) is 6.17 Å². The highest BCUT2D eigenvalue weighted by molar-refractivity contribution is 6.29. The van der Waals surface area contributed by atoms with E-state index in [4.69, 9.17) is 20.8 Å². The third kappa shape index (κ3) is 1.45. The van der Waals surface area contributed by atoms with Gasteiger partial charge in [0.15, 0.2) is 0 Å². The van der Waals surface area contributed by atoms with E-state index in [1.807, 2.05) is 0 Å². The number of aromatic carboxylic acids is 1. The number of aromatic nitrogens is 1. The van der Waals surface area contributed by atoms with Crippen LogP contribution in [0, 0.1) is 0 Å². The van der Waals surface area contributed by atoms with Gasteiger partial charge in [-0.15, -0.1) is 0 Å². The van der Waals surface area contributed by atoms with Gasteiger partial charge in [-0.05, 0) is 12.1 Å². The molecule has 0 saturated heterocycles. The Bertz CT molecular complexity index is 356. The zero-order valence-corrected chi connectivity index (χ0v) is 5.44. The van der Waals surface area contributed by atoms with Crippen molar-refractivity contribution in [2.45, 2.75) is 0 Å². The van der Waals surface area contributed by atoms with Gasteiger partial charge in [0.25, 0.3) is 0 Å². The third-order valence-electron chi connectivity index (χ3n) is 0.777. The maximum absolute atomic E-state index is 10.5. The largest absolute Gasteiger partial charge is 0.478 e. The molecule has 4 heteroatoms. The summed E-state index contributed by atoms with van der Waals surface area (Å²) in [5.41, 5.74) is -0.593. The third-order valence-corrected chi connectivity index (χ3v) is 0.956. The predicted octanol–water partition coefficient (Wildman–Crippen LogP) is 1.43. The fourth-order valence-corrected chi connectivity index (χ4v) is 0.539. The lowest BCUT2D eigenvalue weighted by molar-refractivity contribution is 0.0697. The number of rotatable bonds is 1. The minimum atomic E-state index is -1.45. The first-order valence-corrected chi connectivity index (χ1v) is 2.69. The molecule has 10 heavy (non-hydrogen) atoms. The van der Waals surface area contributed by atoms with Crippen molar-refractivity contribution in [2.75, 3.05) is 0 Å². The van der Waals surface area contributed by atoms with E-state index >= 15 is 0 Å². The smallest absolute Gasteiger partial charge is 0.335 e. The van der Waals surface area contributed by atoms with E-state index in [0.29, 0.717) is 0 Å². The van der Waals surface area contributed by atoms with Crippen LogP contribution in [0.2, 0.25) is 5.15 Å². The number of halogens is 1. The molecule has 0 saturated carbocycles. The molecule has 1 N–H and O–H groups in total. The summed E-state index contributed by atoms with van der Waals surface area (Å²) in [6.45, 7) is 0. The summed E-state index contributed by atoms with van der Waals surface area (Å²) < 4.78 is 21.4. The van der Waals surface area contributed by atoms with Crippen molar-refractivity contribution in [2.24, 2.45) is 0 Å². The molecule has 0 fully saturated rings. The molecule has 0 amide bonds. The molecule has 1 heterocycles. The average molecular weight is 161 g/mol. The van der Waals surface area contributed by atoms with Crippen LogP contribution in [-0.4, -0.2) is 16.1 Å². The van der Waals surface area contributed by atoms with Gasteiger partial charge in [-0.2, -0.15) is 0 Å². The molecule has 0 aromatic carbocycles. The van der Waals surface area contributed by atoms with E-state index in [-0.39, 0.29) is 5.15 Å². The Kier molecular flexibility index (Phi) is 1.05. The van der Waals surface area contributed by atoms with Crippen molar-refractivity contribution in [3.63, 3.8) is 0 Å². The van der Waals surface area contributed by atoms with E-state index in [9.17, 15) is 4.79 Å². The van der Waals surface area contributed by atoms with E-state index in [2.05, 4.69) is 4.98 Å². The quantitative estimate of drug-likeness (QED) is 0.633. The molecule has 1 rings (SSSR count). The number of carboxylic acids is 1. The summed E-state index contributed by atoms with van der Waals surface area (Å²) in [6, 6.07) is -1.13. The van der Waals surface area contributed by atoms with Gasteiger partial charge in [0.1, 0.15) is 5.15 Å². The van der Waals surface area contributed by atoms with Gasteiger partial charge < -0.3 is 5.11 Å². The molecule has 0 aliphatic carbocycles. The normalized spacial score (nSPS) is 13.5. The van der Waals surface area contributed by atoms with E-state index in [0.717, 1.165) is 0 Å². The van der Waals surface area contributed by atoms with Crippen molar-refractivity contribution >= 4 is 17.6 Å². The summed E-state index contributed by atoms with van der Waals surface area (Å²) in [5.74, 6) is -1.45. The molecule has 0 aliphatic rings. The van der Waals surface area contributed by atoms with Crippen molar-refractivity contribution in [1.82, 2.24) is 4.98 Å². The summed E-state index contributed by atoms with van der Waals surface area (Å²) >= 11 is 5.37. The Labute approximate surface area is 66.5 Å². The van der Waals surface area contributed by atoms with Gasteiger partial charge >= 0.3 is 5.97 Å². The van der Waals surface area contributed by atoms with Crippen molar-refractivity contribution in [1.29, 1.82) is 0 Å². The van der Waals surface area contributed by atoms with E-state index in [1.54, 1.807) is 0 Å². The van der Waals surface area contributed by atoms with Crippen LogP contribution in [-0.2, 0) is 0 Å². The number of nitrogens with zero attached hydrogens (tertiary/aromatic N) is 1. The average Bonchev–Trinajstić information content (AvgIpc) is 2.01. The Hall–Kier alpha value is -1.09. The first-order chi connectivity index (χ1) is 5.95. The number of hydrogen-bond acceptors (Lipinski definition) is 2. The standard InChI is InChI=1S/C6H4ClNO2/c7-5-3-4(6(9)10)1-2-8-5/h1-3H,(H,9,10)/i1D,2D,3D. The maximum Gasteiger partial charge on any atom is 0.335 e. The van der Waals surface area contributed by atoms with Gasteiger partial charge in [0.2, 0.25) is 0 Å². The highest BCUT2D eigenvalue weighted by Gasteiger charge is 2.01. The molecule has 0 unspecified atom stereocenters. The lowest BCUT2D eigenvalue weighted by atomic mass is 10.3. The van der Waals surface area contributed by atoms with Gasteiger partial charge in [-0.25, -0.2) is 9.78 Å². The lowest BCUT2D eigenvalue weighted by Crippen LogP contribution is -1.95. The second kappa shape index (κ2) is 2.66. The molecule has 1 aromatic heterocycles. The number of carbonyl (C=O) groups is 1. The van der Waals surface area contributed by atoms with Crippen LogP contribution in [0.1, 0.15) is 14.5 Å². The number of carboxylic acid groups (broad SMARTS) is 1. The van der Waals surface area contributed by atoms with Gasteiger partial charge in [0.05, 0.1) is 9.68 Å². The van der Waals surface area contributed by atoms with Crippen molar-refractivity contribution in [3.8, 4) is 0 Å². The first kappa shape index (κ1) is 3.93. The number of hydrogen-bond donors (Lipinski definition) is 1. The van der Waals surface area contributed by atoms with Gasteiger partial charge in [-0.1, -0.05) is 11.6 Å². The Morgan fingerprint density at radius 3 is 3.20 bits per heavy atom. The molecular weight excluding hydrogens is 154 g/mol. The fourth-order valence-electron chi connectivity index (χ4n) is 0.402. The molecule has 52 valence electrons. The molecule has 3 nitrogen and oxygen atoms in total. The minimum absolute atomic E-state index is 0.376. The molecule has 0 aliphatic heterocycles. The van der Waals surface area contributed by atoms with E-state index in [1.165, 1.54) is 0 Å². The first-order valence-electron chi connectivity index (χ1n) is 3.81. The molecule has 0 radical (unpaired) electrons. The Balaban J connectivity index is 3.56. The van der Waals surface area contributed by atoms with Crippen molar-refractivity contribution < 1.29 is 14.0 Å². The second-order valence-corrected chi connectivity index (χ2v) is 1.80. The summed E-state index contributed by atoms with van der Waals surface area (Å²) in [5, 5.41) is 8.21. The Morgan fingerprint density at radius 2 is 2.60 bits per heavy atom. The van der Waals surface area contributed by atoms with Crippen LogP contribution < -0.4 is 0 Å². The second-order valence-electron chi connectivity index (χ2n) is 1.44. The highest BCUT2D eigenvalue weighted by Crippen LogP contribution is 2.05. The Morgan fingerprint density at radius 1 is 1.90 bits per heavy atom. The SMILES string of the molecule is [2H]c1nc(Cl)c([2H])c(C(=O)O)c1[2H]. The summed E-state index contributed by atoms with van der Waals surface area (Å²) in [6.07, 6.45) is -0.543. The van der Waals surface area contributed by atoms with Crippen LogP contribution in [0.15, 0.2) is 18.3 Å². The zero-order chi connectivity index (χ0) is 10.2. The monoisotopic (exact) mass is 160 g/mol. The molecular formula is C6H4ClNO2. The molecule has 1 aromatic rings. The highest BCUT2D eigenvalue weighted by atomic mass is 35.5. The van der Waals surface area contributed by atoms with E-state index < -0.39 is 29.8 Å². The number of pyridine rings is 1. The van der Waals surface area contributed by atoms with Crippen LogP contribution in [0.3, 0.4) is 0 Å². The molecule has 0 spiro atoms. The topological polar surface area (TPSA) is 50.2 Å². The van der Waals surface area contributed by atoms with Crippen LogP contribution in [0.25, 0.3) is 0 Å². The van der Waals surface area contributed by atoms with Gasteiger partial charge in [-0.3, -0.25) is 0 Å². The molecule has 0 atom stereocenters. The summed E-state index contributed by atoms with van der Waals surface area (Å²) in [4.78, 5) is 13.8. The van der Waals surface area contributed by atoms with Crippen molar-refractivity contribution in [3.05, 3.63) is 29.0 Å².